The average molecular weight is 222 g/mol. The molecule has 1 aliphatic rings. The first kappa shape index (κ1) is 11.9. The highest BCUT2D eigenvalue weighted by molar-refractivity contribution is 7.91. The van der Waals surface area contributed by atoms with Crippen molar-refractivity contribution < 1.29 is 18.6 Å². The Morgan fingerprint density at radius 3 is 2.07 bits per heavy atom. The Morgan fingerprint density at radius 1 is 1.36 bits per heavy atom. The van der Waals surface area contributed by atoms with Gasteiger partial charge in [-0.25, -0.2) is 8.42 Å². The molecule has 0 unspecified atom stereocenters. The Bertz CT molecular complexity index is 292. The highest BCUT2D eigenvalue weighted by atomic mass is 32.2. The molecule has 5 heteroatoms. The Morgan fingerprint density at radius 2 is 1.86 bits per heavy atom. The number of hydrogen-bond donors (Lipinski definition) is 2. The highest BCUT2D eigenvalue weighted by Crippen LogP contribution is 2.44. The summed E-state index contributed by atoms with van der Waals surface area (Å²) >= 11 is 0. The van der Waals surface area contributed by atoms with E-state index in [1.807, 2.05) is 6.92 Å². The third-order valence-corrected chi connectivity index (χ3v) is 5.10. The summed E-state index contributed by atoms with van der Waals surface area (Å²) in [6.07, 6.45) is 2.13. The van der Waals surface area contributed by atoms with Gasteiger partial charge in [-0.1, -0.05) is 6.92 Å². The Kier molecular flexibility index (Phi) is 3.23. The molecule has 2 N–H and O–H groups in total. The van der Waals surface area contributed by atoms with E-state index >= 15 is 0 Å². The molecule has 0 bridgehead atoms. The largest absolute Gasteiger partial charge is 0.396 e. The maximum atomic E-state index is 11.3. The second kappa shape index (κ2) is 3.79. The van der Waals surface area contributed by atoms with Crippen molar-refractivity contribution in [1.82, 2.24) is 0 Å². The van der Waals surface area contributed by atoms with Gasteiger partial charge in [0, 0.05) is 11.7 Å². The molecule has 1 fully saturated rings. The van der Waals surface area contributed by atoms with Crippen LogP contribution in [0.3, 0.4) is 0 Å². The molecule has 0 aliphatic heterocycles. The standard InChI is InChI=1S/C9H18O4S/c1-7-3-8(14(2,12)13)4-9(7,5-10)6-11/h7-8,10-11H,3-6H2,1-2H3/t7-,8-/m0/s1. The van der Waals surface area contributed by atoms with Gasteiger partial charge in [0.15, 0.2) is 0 Å². The molecule has 0 aromatic heterocycles. The van der Waals surface area contributed by atoms with Gasteiger partial charge in [0.05, 0.1) is 18.5 Å². The second-order valence-corrected chi connectivity index (χ2v) is 6.80. The summed E-state index contributed by atoms with van der Waals surface area (Å²) < 4.78 is 22.7. The molecule has 0 aromatic carbocycles. The maximum Gasteiger partial charge on any atom is 0.150 e. The molecule has 0 radical (unpaired) electrons. The van der Waals surface area contributed by atoms with Crippen LogP contribution >= 0.6 is 0 Å². The van der Waals surface area contributed by atoms with E-state index < -0.39 is 20.5 Å². The monoisotopic (exact) mass is 222 g/mol. The van der Waals surface area contributed by atoms with E-state index in [1.165, 1.54) is 6.26 Å². The maximum absolute atomic E-state index is 11.3. The number of hydrogen-bond acceptors (Lipinski definition) is 4. The lowest BCUT2D eigenvalue weighted by Crippen LogP contribution is -2.33. The first-order valence-electron chi connectivity index (χ1n) is 4.76. The molecule has 0 saturated heterocycles. The summed E-state index contributed by atoms with van der Waals surface area (Å²) in [5, 5.41) is 18.0. The van der Waals surface area contributed by atoms with Gasteiger partial charge in [0.2, 0.25) is 0 Å². The lowest BCUT2D eigenvalue weighted by atomic mass is 9.80. The molecule has 0 amide bonds. The minimum absolute atomic E-state index is 0.0530. The van der Waals surface area contributed by atoms with E-state index in [-0.39, 0.29) is 19.1 Å². The van der Waals surface area contributed by atoms with Crippen LogP contribution in [0, 0.1) is 11.3 Å². The van der Waals surface area contributed by atoms with Crippen molar-refractivity contribution in [3.8, 4) is 0 Å². The van der Waals surface area contributed by atoms with Crippen molar-refractivity contribution in [1.29, 1.82) is 0 Å². The zero-order valence-electron chi connectivity index (χ0n) is 8.60. The van der Waals surface area contributed by atoms with Crippen molar-refractivity contribution in [3.05, 3.63) is 0 Å². The molecule has 1 rings (SSSR count). The molecule has 84 valence electrons. The SMILES string of the molecule is C[C@H]1C[C@H](S(C)(=O)=O)CC1(CO)CO. The third-order valence-electron chi connectivity index (χ3n) is 3.53. The van der Waals surface area contributed by atoms with Crippen molar-refractivity contribution in [2.24, 2.45) is 11.3 Å². The minimum atomic E-state index is -3.05. The molecule has 0 aromatic rings. The zero-order valence-corrected chi connectivity index (χ0v) is 9.42. The van der Waals surface area contributed by atoms with Crippen LogP contribution < -0.4 is 0 Å². The first-order valence-corrected chi connectivity index (χ1v) is 6.72. The van der Waals surface area contributed by atoms with Gasteiger partial charge in [-0.05, 0) is 18.8 Å². The molecule has 14 heavy (non-hydrogen) atoms. The molecule has 0 heterocycles. The Labute approximate surface area is 84.9 Å². The van der Waals surface area contributed by atoms with E-state index in [1.54, 1.807) is 0 Å². The van der Waals surface area contributed by atoms with Crippen LogP contribution in [0.15, 0.2) is 0 Å². The van der Waals surface area contributed by atoms with Crippen molar-refractivity contribution in [3.63, 3.8) is 0 Å². The summed E-state index contributed by atoms with van der Waals surface area (Å²) in [6.45, 7) is 1.60. The number of rotatable bonds is 3. The van der Waals surface area contributed by atoms with E-state index in [4.69, 9.17) is 0 Å². The fourth-order valence-electron chi connectivity index (χ4n) is 2.20. The van der Waals surface area contributed by atoms with Gasteiger partial charge in [0.25, 0.3) is 0 Å². The minimum Gasteiger partial charge on any atom is -0.396 e. The van der Waals surface area contributed by atoms with Gasteiger partial charge < -0.3 is 10.2 Å². The zero-order chi connectivity index (χ0) is 11.0. The van der Waals surface area contributed by atoms with Crippen LogP contribution in [0.5, 0.6) is 0 Å². The normalized spacial score (nSPS) is 32.0. The van der Waals surface area contributed by atoms with Gasteiger partial charge in [-0.3, -0.25) is 0 Å². The molecule has 0 spiro atoms. The van der Waals surface area contributed by atoms with E-state index in [9.17, 15) is 18.6 Å². The van der Waals surface area contributed by atoms with Crippen LogP contribution in [0.1, 0.15) is 19.8 Å². The summed E-state index contributed by atoms with van der Waals surface area (Å²) in [6, 6.07) is 0. The third kappa shape index (κ3) is 1.94. The quantitative estimate of drug-likeness (QED) is 0.693. The summed E-state index contributed by atoms with van der Waals surface area (Å²) in [5.41, 5.74) is -0.603. The second-order valence-electron chi connectivity index (χ2n) is 4.47. The molecule has 2 atom stereocenters. The first-order chi connectivity index (χ1) is 6.35. The van der Waals surface area contributed by atoms with Crippen LogP contribution in [0.4, 0.5) is 0 Å². The van der Waals surface area contributed by atoms with Gasteiger partial charge in [-0.2, -0.15) is 0 Å². The van der Waals surface area contributed by atoms with Crippen LogP contribution in [0.2, 0.25) is 0 Å². The smallest absolute Gasteiger partial charge is 0.150 e. The summed E-state index contributed by atoms with van der Waals surface area (Å²) in [5.74, 6) is 0.0530. The Balaban J connectivity index is 2.88. The molecular weight excluding hydrogens is 204 g/mol. The number of sulfone groups is 1. The van der Waals surface area contributed by atoms with E-state index in [2.05, 4.69) is 0 Å². The van der Waals surface area contributed by atoms with Crippen molar-refractivity contribution in [2.45, 2.75) is 25.0 Å². The van der Waals surface area contributed by atoms with E-state index in [0.717, 1.165) is 0 Å². The van der Waals surface area contributed by atoms with Crippen molar-refractivity contribution in [2.75, 3.05) is 19.5 Å². The average Bonchev–Trinajstić information content (AvgIpc) is 2.43. The fourth-order valence-corrected chi connectivity index (χ4v) is 3.47. The lowest BCUT2D eigenvalue weighted by molar-refractivity contribution is 0.0287. The van der Waals surface area contributed by atoms with Crippen LogP contribution in [-0.4, -0.2) is 43.4 Å². The fraction of sp³-hybridized carbons (Fsp3) is 1.00. The Hall–Kier alpha value is -0.130. The van der Waals surface area contributed by atoms with Gasteiger partial charge >= 0.3 is 0 Å². The van der Waals surface area contributed by atoms with Crippen LogP contribution in [0.25, 0.3) is 0 Å². The van der Waals surface area contributed by atoms with E-state index in [0.29, 0.717) is 12.8 Å². The molecular formula is C9H18O4S. The van der Waals surface area contributed by atoms with Gasteiger partial charge in [0.1, 0.15) is 9.84 Å². The predicted molar refractivity (Wildman–Crippen MR) is 53.6 cm³/mol. The summed E-state index contributed by atoms with van der Waals surface area (Å²) in [4.78, 5) is 0. The predicted octanol–water partition coefficient (Wildman–Crippen LogP) is -0.199. The van der Waals surface area contributed by atoms with Crippen LogP contribution in [-0.2, 0) is 9.84 Å². The molecule has 1 saturated carbocycles. The molecule has 4 nitrogen and oxygen atoms in total. The lowest BCUT2D eigenvalue weighted by Gasteiger charge is -2.28. The van der Waals surface area contributed by atoms with Gasteiger partial charge in [-0.15, -0.1) is 0 Å². The number of aliphatic hydroxyl groups is 2. The number of aliphatic hydroxyl groups excluding tert-OH is 2. The summed E-state index contributed by atoms with van der Waals surface area (Å²) in [7, 11) is -3.05. The van der Waals surface area contributed by atoms with Crippen molar-refractivity contribution >= 4 is 9.84 Å². The topological polar surface area (TPSA) is 74.6 Å². The molecule has 1 aliphatic carbocycles. The highest BCUT2D eigenvalue weighted by Gasteiger charge is 2.47.